The SMILES string of the molecule is CN1CCCC(C)(C)C1N1CCCC1. The van der Waals surface area contributed by atoms with E-state index in [-0.39, 0.29) is 0 Å². The van der Waals surface area contributed by atoms with Crippen LogP contribution in [0.15, 0.2) is 0 Å². The minimum atomic E-state index is 0.483. The average Bonchev–Trinajstić information content (AvgIpc) is 2.55. The molecular formula is C12H24N2. The van der Waals surface area contributed by atoms with Gasteiger partial charge in [0.2, 0.25) is 0 Å². The zero-order valence-corrected chi connectivity index (χ0v) is 9.92. The van der Waals surface area contributed by atoms with Gasteiger partial charge in [0.05, 0.1) is 6.17 Å². The molecule has 2 fully saturated rings. The minimum absolute atomic E-state index is 0.483. The van der Waals surface area contributed by atoms with Crippen molar-refractivity contribution in [1.82, 2.24) is 9.80 Å². The highest BCUT2D eigenvalue weighted by atomic mass is 15.4. The maximum Gasteiger partial charge on any atom is 0.0672 e. The second-order valence-corrected chi connectivity index (χ2v) is 5.69. The summed E-state index contributed by atoms with van der Waals surface area (Å²) in [4.78, 5) is 5.26. The fraction of sp³-hybridized carbons (Fsp3) is 1.00. The van der Waals surface area contributed by atoms with Gasteiger partial charge in [0.1, 0.15) is 0 Å². The van der Waals surface area contributed by atoms with E-state index in [2.05, 4.69) is 30.7 Å². The fourth-order valence-electron chi connectivity index (χ4n) is 3.39. The summed E-state index contributed by atoms with van der Waals surface area (Å²) in [5, 5.41) is 0. The zero-order valence-electron chi connectivity index (χ0n) is 9.92. The molecule has 82 valence electrons. The third-order valence-corrected chi connectivity index (χ3v) is 3.93. The molecule has 2 aliphatic rings. The molecule has 1 unspecified atom stereocenters. The van der Waals surface area contributed by atoms with Crippen LogP contribution in [0.1, 0.15) is 39.5 Å². The maximum absolute atomic E-state index is 2.69. The number of hydrogen-bond donors (Lipinski definition) is 0. The van der Waals surface area contributed by atoms with Gasteiger partial charge in [-0.15, -0.1) is 0 Å². The largest absolute Gasteiger partial charge is 0.291 e. The number of piperidine rings is 1. The molecular weight excluding hydrogens is 172 g/mol. The van der Waals surface area contributed by atoms with E-state index < -0.39 is 0 Å². The summed E-state index contributed by atoms with van der Waals surface area (Å²) in [5.41, 5.74) is 0.483. The van der Waals surface area contributed by atoms with Crippen molar-refractivity contribution in [3.05, 3.63) is 0 Å². The molecule has 0 aliphatic carbocycles. The molecule has 0 aromatic rings. The van der Waals surface area contributed by atoms with E-state index >= 15 is 0 Å². The van der Waals surface area contributed by atoms with Crippen LogP contribution in [0.2, 0.25) is 0 Å². The van der Waals surface area contributed by atoms with Crippen molar-refractivity contribution in [3.8, 4) is 0 Å². The van der Waals surface area contributed by atoms with Crippen LogP contribution in [-0.2, 0) is 0 Å². The molecule has 0 saturated carbocycles. The Morgan fingerprint density at radius 1 is 1.00 bits per heavy atom. The smallest absolute Gasteiger partial charge is 0.0672 e. The maximum atomic E-state index is 2.69. The van der Waals surface area contributed by atoms with Crippen LogP contribution in [-0.4, -0.2) is 42.6 Å². The first-order chi connectivity index (χ1) is 6.61. The lowest BCUT2D eigenvalue weighted by Crippen LogP contribution is -2.56. The van der Waals surface area contributed by atoms with Crippen molar-refractivity contribution in [2.45, 2.75) is 45.7 Å². The average molecular weight is 196 g/mol. The summed E-state index contributed by atoms with van der Waals surface area (Å²) in [6.45, 7) is 8.79. The number of rotatable bonds is 1. The van der Waals surface area contributed by atoms with E-state index in [1.807, 2.05) is 0 Å². The Kier molecular flexibility index (Phi) is 2.85. The molecule has 2 aliphatic heterocycles. The topological polar surface area (TPSA) is 6.48 Å². The molecule has 0 spiro atoms. The van der Waals surface area contributed by atoms with Crippen LogP contribution in [0.3, 0.4) is 0 Å². The van der Waals surface area contributed by atoms with Gasteiger partial charge in [0.25, 0.3) is 0 Å². The van der Waals surface area contributed by atoms with Crippen molar-refractivity contribution in [2.24, 2.45) is 5.41 Å². The monoisotopic (exact) mass is 196 g/mol. The lowest BCUT2D eigenvalue weighted by Gasteiger charge is -2.49. The number of nitrogens with zero attached hydrogens (tertiary/aromatic N) is 2. The van der Waals surface area contributed by atoms with Crippen LogP contribution >= 0.6 is 0 Å². The van der Waals surface area contributed by atoms with Gasteiger partial charge in [0, 0.05) is 0 Å². The predicted molar refractivity (Wildman–Crippen MR) is 60.2 cm³/mol. The van der Waals surface area contributed by atoms with Crippen molar-refractivity contribution >= 4 is 0 Å². The molecule has 14 heavy (non-hydrogen) atoms. The molecule has 2 heteroatoms. The van der Waals surface area contributed by atoms with Gasteiger partial charge in [0.15, 0.2) is 0 Å². The first kappa shape index (κ1) is 10.4. The summed E-state index contributed by atoms with van der Waals surface area (Å²) in [6, 6.07) is 0. The van der Waals surface area contributed by atoms with Crippen molar-refractivity contribution in [1.29, 1.82) is 0 Å². The Morgan fingerprint density at radius 2 is 1.64 bits per heavy atom. The lowest BCUT2D eigenvalue weighted by atomic mass is 9.80. The van der Waals surface area contributed by atoms with Gasteiger partial charge >= 0.3 is 0 Å². The Balaban J connectivity index is 2.10. The van der Waals surface area contributed by atoms with E-state index in [4.69, 9.17) is 0 Å². The van der Waals surface area contributed by atoms with Gasteiger partial charge in [-0.1, -0.05) is 13.8 Å². The Hall–Kier alpha value is -0.0800. The minimum Gasteiger partial charge on any atom is -0.291 e. The third kappa shape index (κ3) is 1.82. The first-order valence-electron chi connectivity index (χ1n) is 6.05. The molecule has 1 atom stereocenters. The van der Waals surface area contributed by atoms with Gasteiger partial charge in [-0.05, 0) is 57.8 Å². The standard InChI is InChI=1S/C12H24N2/c1-12(2)7-6-8-13(3)11(12)14-9-4-5-10-14/h11H,4-10H2,1-3H3. The predicted octanol–water partition coefficient (Wildman–Crippen LogP) is 2.16. The molecule has 0 bridgehead atoms. The Labute approximate surface area is 88.3 Å². The van der Waals surface area contributed by atoms with E-state index in [0.717, 1.165) is 0 Å². The van der Waals surface area contributed by atoms with E-state index in [1.54, 1.807) is 0 Å². The molecule has 2 saturated heterocycles. The second-order valence-electron chi connectivity index (χ2n) is 5.69. The number of hydrogen-bond acceptors (Lipinski definition) is 2. The van der Waals surface area contributed by atoms with Crippen LogP contribution in [0.4, 0.5) is 0 Å². The third-order valence-electron chi connectivity index (χ3n) is 3.93. The quantitative estimate of drug-likeness (QED) is 0.634. The highest BCUT2D eigenvalue weighted by Gasteiger charge is 2.40. The molecule has 0 radical (unpaired) electrons. The fourth-order valence-corrected chi connectivity index (χ4v) is 3.39. The Bertz CT molecular complexity index is 194. The summed E-state index contributed by atoms with van der Waals surface area (Å²) in [7, 11) is 2.30. The molecule has 0 N–H and O–H groups in total. The zero-order chi connectivity index (χ0) is 10.2. The molecule has 0 amide bonds. The van der Waals surface area contributed by atoms with Crippen molar-refractivity contribution in [2.75, 3.05) is 26.7 Å². The second kappa shape index (κ2) is 3.82. The van der Waals surface area contributed by atoms with Crippen molar-refractivity contribution < 1.29 is 0 Å². The summed E-state index contributed by atoms with van der Waals surface area (Å²) >= 11 is 0. The molecule has 2 heterocycles. The van der Waals surface area contributed by atoms with E-state index in [9.17, 15) is 0 Å². The molecule has 0 aromatic carbocycles. The van der Waals surface area contributed by atoms with Crippen LogP contribution in [0.25, 0.3) is 0 Å². The van der Waals surface area contributed by atoms with Gasteiger partial charge in [-0.3, -0.25) is 9.80 Å². The van der Waals surface area contributed by atoms with Crippen LogP contribution in [0.5, 0.6) is 0 Å². The molecule has 0 aromatic heterocycles. The van der Waals surface area contributed by atoms with Gasteiger partial charge in [-0.2, -0.15) is 0 Å². The highest BCUT2D eigenvalue weighted by Crippen LogP contribution is 2.37. The summed E-state index contributed by atoms with van der Waals surface area (Å²) < 4.78 is 0. The normalized spacial score (nSPS) is 34.9. The van der Waals surface area contributed by atoms with E-state index in [1.165, 1.54) is 45.3 Å². The highest BCUT2D eigenvalue weighted by molar-refractivity contribution is 4.90. The number of likely N-dealkylation sites (tertiary alicyclic amines) is 2. The first-order valence-corrected chi connectivity index (χ1v) is 6.05. The Morgan fingerprint density at radius 3 is 2.21 bits per heavy atom. The summed E-state index contributed by atoms with van der Waals surface area (Å²) in [5.74, 6) is 0. The lowest BCUT2D eigenvalue weighted by molar-refractivity contribution is -0.0439. The molecule has 2 nitrogen and oxygen atoms in total. The van der Waals surface area contributed by atoms with Crippen LogP contribution in [0, 0.1) is 5.41 Å². The molecule has 2 rings (SSSR count). The van der Waals surface area contributed by atoms with Gasteiger partial charge < -0.3 is 0 Å². The summed E-state index contributed by atoms with van der Waals surface area (Å²) in [6.07, 6.45) is 6.26. The van der Waals surface area contributed by atoms with Crippen LogP contribution < -0.4 is 0 Å². The van der Waals surface area contributed by atoms with Crippen molar-refractivity contribution in [3.63, 3.8) is 0 Å². The van der Waals surface area contributed by atoms with E-state index in [0.29, 0.717) is 11.6 Å². The van der Waals surface area contributed by atoms with Gasteiger partial charge in [-0.25, -0.2) is 0 Å².